The molecule has 0 spiro atoms. The van der Waals surface area contributed by atoms with Crippen molar-refractivity contribution in [3.8, 4) is 5.75 Å². The van der Waals surface area contributed by atoms with E-state index in [9.17, 15) is 19.7 Å². The van der Waals surface area contributed by atoms with Crippen LogP contribution < -0.4 is 14.5 Å². The minimum atomic E-state index is -0.518. The van der Waals surface area contributed by atoms with Crippen molar-refractivity contribution in [3.63, 3.8) is 0 Å². The Morgan fingerprint density at radius 1 is 1.15 bits per heavy atom. The largest absolute Gasteiger partial charge is 0.497 e. The Labute approximate surface area is 149 Å². The Kier molecular flexibility index (Phi) is 4.57. The number of amides is 2. The number of non-ortho nitro benzene ring substituents is 1. The van der Waals surface area contributed by atoms with Crippen LogP contribution in [-0.4, -0.2) is 37.4 Å². The zero-order valence-electron chi connectivity index (χ0n) is 14.3. The lowest BCUT2D eigenvalue weighted by Gasteiger charge is -2.24. The standard InChI is InChI=1S/C18H17N3O5/c1-19-16-11-14(26-2)7-8-15(16)20(10-9-17(19)22)18(23)12-3-5-13(6-4-12)21(24)25/h3-8,11H,9-10H2,1-2H3. The molecule has 0 saturated heterocycles. The smallest absolute Gasteiger partial charge is 0.269 e. The normalized spacial score (nSPS) is 13.8. The first-order valence-electron chi connectivity index (χ1n) is 7.93. The number of carbonyl (C=O) groups excluding carboxylic acids is 2. The lowest BCUT2D eigenvalue weighted by molar-refractivity contribution is -0.384. The maximum absolute atomic E-state index is 13.0. The number of nitro groups is 1. The summed E-state index contributed by atoms with van der Waals surface area (Å²) >= 11 is 0. The number of methoxy groups -OCH3 is 1. The second-order valence-corrected chi connectivity index (χ2v) is 5.82. The second-order valence-electron chi connectivity index (χ2n) is 5.82. The molecular formula is C18H17N3O5. The van der Waals surface area contributed by atoms with Crippen molar-refractivity contribution in [2.45, 2.75) is 6.42 Å². The van der Waals surface area contributed by atoms with Gasteiger partial charge in [-0.25, -0.2) is 0 Å². The second kappa shape index (κ2) is 6.83. The number of carbonyl (C=O) groups is 2. The van der Waals surface area contributed by atoms with E-state index in [0.717, 1.165) is 0 Å². The SMILES string of the molecule is COc1ccc2c(c1)N(C)C(=O)CCN2C(=O)c1ccc([N+](=O)[O-])cc1. The molecule has 1 aliphatic rings. The first-order valence-corrected chi connectivity index (χ1v) is 7.93. The van der Waals surface area contributed by atoms with E-state index in [2.05, 4.69) is 0 Å². The highest BCUT2D eigenvalue weighted by atomic mass is 16.6. The fraction of sp³-hybridized carbons (Fsp3) is 0.222. The van der Waals surface area contributed by atoms with Crippen molar-refractivity contribution in [3.05, 3.63) is 58.1 Å². The van der Waals surface area contributed by atoms with Gasteiger partial charge in [-0.1, -0.05) is 0 Å². The van der Waals surface area contributed by atoms with Gasteiger partial charge in [0.05, 0.1) is 23.4 Å². The van der Waals surface area contributed by atoms with Crippen LogP contribution in [-0.2, 0) is 4.79 Å². The van der Waals surface area contributed by atoms with Crippen LogP contribution in [0.15, 0.2) is 42.5 Å². The molecule has 2 aromatic carbocycles. The average molecular weight is 355 g/mol. The maximum atomic E-state index is 13.0. The molecule has 26 heavy (non-hydrogen) atoms. The monoisotopic (exact) mass is 355 g/mol. The van der Waals surface area contributed by atoms with Crippen LogP contribution in [0.25, 0.3) is 0 Å². The predicted molar refractivity (Wildman–Crippen MR) is 95.8 cm³/mol. The first kappa shape index (κ1) is 17.4. The quantitative estimate of drug-likeness (QED) is 0.623. The highest BCUT2D eigenvalue weighted by molar-refractivity contribution is 6.11. The number of nitro benzene ring substituents is 1. The van der Waals surface area contributed by atoms with E-state index in [-0.39, 0.29) is 30.5 Å². The fourth-order valence-electron chi connectivity index (χ4n) is 2.85. The van der Waals surface area contributed by atoms with Crippen LogP contribution >= 0.6 is 0 Å². The molecule has 2 amide bonds. The van der Waals surface area contributed by atoms with Crippen molar-refractivity contribution < 1.29 is 19.2 Å². The Bertz CT molecular complexity index is 879. The lowest BCUT2D eigenvalue weighted by atomic mass is 10.1. The molecule has 8 nitrogen and oxygen atoms in total. The van der Waals surface area contributed by atoms with E-state index >= 15 is 0 Å². The minimum Gasteiger partial charge on any atom is -0.497 e. The summed E-state index contributed by atoms with van der Waals surface area (Å²) in [4.78, 5) is 38.5. The Hall–Kier alpha value is -3.42. The molecule has 0 aromatic heterocycles. The Morgan fingerprint density at radius 2 is 1.85 bits per heavy atom. The Balaban J connectivity index is 2.01. The van der Waals surface area contributed by atoms with Gasteiger partial charge in [-0.15, -0.1) is 0 Å². The van der Waals surface area contributed by atoms with Gasteiger partial charge in [0, 0.05) is 43.8 Å². The van der Waals surface area contributed by atoms with Crippen LogP contribution in [0.4, 0.5) is 17.1 Å². The lowest BCUT2D eigenvalue weighted by Crippen LogP contribution is -2.32. The number of nitrogens with zero attached hydrogens (tertiary/aromatic N) is 3. The number of fused-ring (bicyclic) bond motifs is 1. The highest BCUT2D eigenvalue weighted by Crippen LogP contribution is 2.36. The molecule has 0 saturated carbocycles. The van der Waals surface area contributed by atoms with Crippen molar-refractivity contribution >= 4 is 28.9 Å². The molecule has 8 heteroatoms. The van der Waals surface area contributed by atoms with Gasteiger partial charge in [0.2, 0.25) is 5.91 Å². The number of hydrogen-bond acceptors (Lipinski definition) is 5. The van der Waals surface area contributed by atoms with Gasteiger partial charge in [0.1, 0.15) is 5.75 Å². The number of ether oxygens (including phenoxy) is 1. The third-order valence-electron chi connectivity index (χ3n) is 4.33. The topological polar surface area (TPSA) is 93.0 Å². The van der Waals surface area contributed by atoms with Gasteiger partial charge < -0.3 is 14.5 Å². The zero-order valence-corrected chi connectivity index (χ0v) is 14.3. The van der Waals surface area contributed by atoms with E-state index in [1.54, 1.807) is 25.2 Å². The van der Waals surface area contributed by atoms with Crippen molar-refractivity contribution in [2.24, 2.45) is 0 Å². The van der Waals surface area contributed by atoms with E-state index in [1.165, 1.54) is 41.2 Å². The third-order valence-corrected chi connectivity index (χ3v) is 4.33. The molecule has 3 rings (SSSR count). The molecular weight excluding hydrogens is 338 g/mol. The fourth-order valence-corrected chi connectivity index (χ4v) is 2.85. The van der Waals surface area contributed by atoms with Gasteiger partial charge in [-0.05, 0) is 24.3 Å². The summed E-state index contributed by atoms with van der Waals surface area (Å²) in [6.07, 6.45) is 0.173. The summed E-state index contributed by atoms with van der Waals surface area (Å²) in [7, 11) is 3.18. The molecule has 0 fully saturated rings. The molecule has 1 heterocycles. The first-order chi connectivity index (χ1) is 12.4. The molecule has 2 aromatic rings. The summed E-state index contributed by atoms with van der Waals surface area (Å²) in [5.41, 5.74) is 1.39. The average Bonchev–Trinajstić information content (AvgIpc) is 2.78. The zero-order chi connectivity index (χ0) is 18.8. The van der Waals surface area contributed by atoms with Gasteiger partial charge in [0.15, 0.2) is 0 Å². The van der Waals surface area contributed by atoms with Crippen LogP contribution in [0.3, 0.4) is 0 Å². The van der Waals surface area contributed by atoms with Crippen molar-refractivity contribution in [1.29, 1.82) is 0 Å². The van der Waals surface area contributed by atoms with Crippen LogP contribution in [0, 0.1) is 10.1 Å². The molecule has 1 aliphatic heterocycles. The van der Waals surface area contributed by atoms with Crippen molar-refractivity contribution in [1.82, 2.24) is 0 Å². The predicted octanol–water partition coefficient (Wildman–Crippen LogP) is 2.62. The van der Waals surface area contributed by atoms with E-state index in [0.29, 0.717) is 22.7 Å². The number of anilines is 2. The molecule has 0 bridgehead atoms. The summed E-state index contributed by atoms with van der Waals surface area (Å²) in [6, 6.07) is 10.6. The third kappa shape index (κ3) is 3.08. The summed E-state index contributed by atoms with van der Waals surface area (Å²) in [6.45, 7) is 0.221. The number of rotatable bonds is 3. The summed E-state index contributed by atoms with van der Waals surface area (Å²) in [5, 5.41) is 10.8. The van der Waals surface area contributed by atoms with E-state index in [1.807, 2.05) is 0 Å². The van der Waals surface area contributed by atoms with Crippen molar-refractivity contribution in [2.75, 3.05) is 30.5 Å². The number of benzene rings is 2. The highest BCUT2D eigenvalue weighted by Gasteiger charge is 2.28. The molecule has 0 aliphatic carbocycles. The summed E-state index contributed by atoms with van der Waals surface area (Å²) < 4.78 is 5.22. The van der Waals surface area contributed by atoms with Gasteiger partial charge in [-0.2, -0.15) is 0 Å². The molecule has 0 atom stereocenters. The van der Waals surface area contributed by atoms with E-state index < -0.39 is 4.92 Å². The van der Waals surface area contributed by atoms with Gasteiger partial charge >= 0.3 is 0 Å². The van der Waals surface area contributed by atoms with Crippen LogP contribution in [0.5, 0.6) is 5.75 Å². The van der Waals surface area contributed by atoms with Gasteiger partial charge in [-0.3, -0.25) is 19.7 Å². The van der Waals surface area contributed by atoms with Gasteiger partial charge in [0.25, 0.3) is 11.6 Å². The molecule has 134 valence electrons. The number of hydrogen-bond donors (Lipinski definition) is 0. The van der Waals surface area contributed by atoms with Crippen LogP contribution in [0.1, 0.15) is 16.8 Å². The Morgan fingerprint density at radius 3 is 2.46 bits per heavy atom. The maximum Gasteiger partial charge on any atom is 0.269 e. The van der Waals surface area contributed by atoms with E-state index in [4.69, 9.17) is 4.74 Å². The molecule has 0 radical (unpaired) electrons. The molecule has 0 unspecified atom stereocenters. The minimum absolute atomic E-state index is 0.0857. The molecule has 0 N–H and O–H groups in total. The van der Waals surface area contributed by atoms with Crippen LogP contribution in [0.2, 0.25) is 0 Å². The summed E-state index contributed by atoms with van der Waals surface area (Å²) in [5.74, 6) is 0.140.